The summed E-state index contributed by atoms with van der Waals surface area (Å²) in [6.07, 6.45) is 1.11. The monoisotopic (exact) mass is 292 g/mol. The Bertz CT molecular complexity index is 515. The zero-order valence-corrected chi connectivity index (χ0v) is 12.7. The summed E-state index contributed by atoms with van der Waals surface area (Å²) in [7, 11) is 1.67. The zero-order chi connectivity index (χ0) is 14.2. The van der Waals surface area contributed by atoms with Crippen molar-refractivity contribution < 1.29 is 9.47 Å². The fraction of sp³-hybridized carbons (Fsp3) is 0.400. The lowest BCUT2D eigenvalue weighted by atomic mass is 10.2. The molecule has 0 aliphatic heterocycles. The Kier molecular flexibility index (Phi) is 5.83. The van der Waals surface area contributed by atoms with Crippen molar-refractivity contribution in [3.63, 3.8) is 0 Å². The molecule has 1 N–H and O–H groups in total. The molecule has 0 saturated heterocycles. The van der Waals surface area contributed by atoms with E-state index < -0.39 is 0 Å². The largest absolute Gasteiger partial charge is 0.497 e. The Hall–Kier alpha value is -1.59. The van der Waals surface area contributed by atoms with Crippen LogP contribution in [0.1, 0.15) is 24.6 Å². The number of hydrogen-bond donors (Lipinski definition) is 1. The Morgan fingerprint density at radius 1 is 1.35 bits per heavy atom. The molecule has 2 aromatic rings. The van der Waals surface area contributed by atoms with E-state index in [1.165, 1.54) is 0 Å². The topological polar surface area (TPSA) is 43.4 Å². The lowest BCUT2D eigenvalue weighted by molar-refractivity contribution is 0.297. The van der Waals surface area contributed by atoms with Gasteiger partial charge in [-0.15, -0.1) is 11.3 Å². The molecule has 5 heteroatoms. The molecule has 0 radical (unpaired) electrons. The maximum atomic E-state index is 5.86. The molecule has 0 unspecified atom stereocenters. The minimum absolute atomic E-state index is 0.497. The molecule has 0 atom stereocenters. The molecule has 0 fully saturated rings. The van der Waals surface area contributed by atoms with Crippen molar-refractivity contribution in [2.75, 3.05) is 13.7 Å². The van der Waals surface area contributed by atoms with Crippen LogP contribution in [0.3, 0.4) is 0 Å². The van der Waals surface area contributed by atoms with Crippen LogP contribution in [-0.2, 0) is 13.2 Å². The number of rotatable bonds is 8. The normalized spacial score (nSPS) is 10.5. The molecule has 0 saturated carbocycles. The number of nitrogens with one attached hydrogen (secondary N) is 1. The van der Waals surface area contributed by atoms with E-state index in [1.54, 1.807) is 18.4 Å². The van der Waals surface area contributed by atoms with Gasteiger partial charge < -0.3 is 14.8 Å². The average molecular weight is 292 g/mol. The van der Waals surface area contributed by atoms with E-state index in [9.17, 15) is 0 Å². The van der Waals surface area contributed by atoms with Gasteiger partial charge >= 0.3 is 0 Å². The summed E-state index contributed by atoms with van der Waals surface area (Å²) in [6, 6.07) is 5.88. The molecule has 1 aromatic carbocycles. The minimum Gasteiger partial charge on any atom is -0.497 e. The molecule has 1 aromatic heterocycles. The SMILES string of the molecule is CCCNCc1cc(OC)ccc1OCc1cscn1. The quantitative estimate of drug-likeness (QED) is 0.759. The number of thiazole rings is 1. The summed E-state index contributed by atoms with van der Waals surface area (Å²) in [5.41, 5.74) is 3.88. The van der Waals surface area contributed by atoms with E-state index in [1.807, 2.05) is 29.1 Å². The van der Waals surface area contributed by atoms with Crippen molar-refractivity contribution in [1.82, 2.24) is 10.3 Å². The highest BCUT2D eigenvalue weighted by molar-refractivity contribution is 7.07. The van der Waals surface area contributed by atoms with Crippen molar-refractivity contribution in [1.29, 1.82) is 0 Å². The van der Waals surface area contributed by atoms with Crippen LogP contribution in [-0.4, -0.2) is 18.6 Å². The third kappa shape index (κ3) is 4.21. The van der Waals surface area contributed by atoms with Gasteiger partial charge in [-0.3, -0.25) is 0 Å². The predicted molar refractivity (Wildman–Crippen MR) is 81.4 cm³/mol. The Morgan fingerprint density at radius 2 is 2.25 bits per heavy atom. The summed E-state index contributed by atoms with van der Waals surface area (Å²) in [4.78, 5) is 4.22. The second-order valence-electron chi connectivity index (χ2n) is 4.42. The first-order valence-electron chi connectivity index (χ1n) is 6.71. The van der Waals surface area contributed by atoms with E-state index in [4.69, 9.17) is 9.47 Å². The second-order valence-corrected chi connectivity index (χ2v) is 5.14. The molecule has 0 spiro atoms. The molecule has 4 nitrogen and oxygen atoms in total. The van der Waals surface area contributed by atoms with Gasteiger partial charge in [0.1, 0.15) is 18.1 Å². The molecule has 108 valence electrons. The van der Waals surface area contributed by atoms with Crippen molar-refractivity contribution in [3.05, 3.63) is 40.3 Å². The van der Waals surface area contributed by atoms with Gasteiger partial charge in [0.25, 0.3) is 0 Å². The summed E-state index contributed by atoms with van der Waals surface area (Å²) >= 11 is 1.58. The number of methoxy groups -OCH3 is 1. The highest BCUT2D eigenvalue weighted by Crippen LogP contribution is 2.25. The first kappa shape index (κ1) is 14.8. The van der Waals surface area contributed by atoms with Gasteiger partial charge in [-0.2, -0.15) is 0 Å². The van der Waals surface area contributed by atoms with Crippen LogP contribution < -0.4 is 14.8 Å². The lowest BCUT2D eigenvalue weighted by Gasteiger charge is -2.13. The number of hydrogen-bond acceptors (Lipinski definition) is 5. The van der Waals surface area contributed by atoms with Crippen molar-refractivity contribution in [2.45, 2.75) is 26.5 Å². The van der Waals surface area contributed by atoms with Gasteiger partial charge in [-0.05, 0) is 31.2 Å². The van der Waals surface area contributed by atoms with Crippen LogP contribution in [0.25, 0.3) is 0 Å². The number of ether oxygens (including phenoxy) is 2. The number of aromatic nitrogens is 1. The van der Waals surface area contributed by atoms with Gasteiger partial charge in [-0.25, -0.2) is 4.98 Å². The molecule has 0 aliphatic rings. The van der Waals surface area contributed by atoms with Crippen LogP contribution in [0.15, 0.2) is 29.1 Å². The lowest BCUT2D eigenvalue weighted by Crippen LogP contribution is -2.14. The summed E-state index contributed by atoms with van der Waals surface area (Å²) in [6.45, 7) is 4.41. The maximum absolute atomic E-state index is 5.86. The fourth-order valence-corrected chi connectivity index (χ4v) is 2.37. The van der Waals surface area contributed by atoms with Crippen molar-refractivity contribution in [3.8, 4) is 11.5 Å². The predicted octanol–water partition coefficient (Wildman–Crippen LogP) is 3.23. The molecular formula is C15H20N2O2S. The smallest absolute Gasteiger partial charge is 0.131 e. The van der Waals surface area contributed by atoms with E-state index in [-0.39, 0.29) is 0 Å². The van der Waals surface area contributed by atoms with Gasteiger partial charge in [0, 0.05) is 17.5 Å². The molecule has 2 rings (SSSR count). The van der Waals surface area contributed by atoms with Crippen LogP contribution in [0, 0.1) is 0 Å². The maximum Gasteiger partial charge on any atom is 0.131 e. The van der Waals surface area contributed by atoms with E-state index in [0.29, 0.717) is 6.61 Å². The van der Waals surface area contributed by atoms with E-state index >= 15 is 0 Å². The zero-order valence-electron chi connectivity index (χ0n) is 11.9. The van der Waals surface area contributed by atoms with Crippen LogP contribution in [0.2, 0.25) is 0 Å². The Balaban J connectivity index is 2.04. The van der Waals surface area contributed by atoms with Gasteiger partial charge in [-0.1, -0.05) is 6.92 Å². The minimum atomic E-state index is 0.497. The fourth-order valence-electron chi connectivity index (χ4n) is 1.82. The molecule has 20 heavy (non-hydrogen) atoms. The van der Waals surface area contributed by atoms with E-state index in [2.05, 4.69) is 17.2 Å². The number of benzene rings is 1. The Labute approximate surface area is 123 Å². The summed E-state index contributed by atoms with van der Waals surface area (Å²) in [5.74, 6) is 1.72. The molecule has 0 aliphatic carbocycles. The molecule has 0 bridgehead atoms. The van der Waals surface area contributed by atoms with Gasteiger partial charge in [0.2, 0.25) is 0 Å². The summed E-state index contributed by atoms with van der Waals surface area (Å²) < 4.78 is 11.1. The van der Waals surface area contributed by atoms with Crippen LogP contribution in [0.4, 0.5) is 0 Å². The third-order valence-electron chi connectivity index (χ3n) is 2.87. The van der Waals surface area contributed by atoms with Crippen LogP contribution in [0.5, 0.6) is 11.5 Å². The summed E-state index contributed by atoms with van der Waals surface area (Å²) in [5, 5.41) is 5.39. The highest BCUT2D eigenvalue weighted by Gasteiger charge is 2.06. The number of nitrogens with zero attached hydrogens (tertiary/aromatic N) is 1. The molecular weight excluding hydrogens is 272 g/mol. The second kappa shape index (κ2) is 7.87. The highest BCUT2D eigenvalue weighted by atomic mass is 32.1. The first-order chi connectivity index (χ1) is 9.83. The standard InChI is InChI=1S/C15H20N2O2S/c1-3-6-16-8-12-7-14(18-2)4-5-15(12)19-9-13-10-20-11-17-13/h4-5,7,10-11,16H,3,6,8-9H2,1-2H3. The van der Waals surface area contributed by atoms with Crippen molar-refractivity contribution >= 4 is 11.3 Å². The Morgan fingerprint density at radius 3 is 2.95 bits per heavy atom. The molecule has 0 amide bonds. The van der Waals surface area contributed by atoms with Crippen LogP contribution >= 0.6 is 11.3 Å². The first-order valence-corrected chi connectivity index (χ1v) is 7.65. The average Bonchev–Trinajstić information content (AvgIpc) is 2.99. The third-order valence-corrected chi connectivity index (χ3v) is 3.50. The van der Waals surface area contributed by atoms with E-state index in [0.717, 1.165) is 42.3 Å². The van der Waals surface area contributed by atoms with Crippen molar-refractivity contribution in [2.24, 2.45) is 0 Å². The van der Waals surface area contributed by atoms with Gasteiger partial charge in [0.05, 0.1) is 18.3 Å². The van der Waals surface area contributed by atoms with Gasteiger partial charge in [0.15, 0.2) is 0 Å². The molecule has 1 heterocycles.